The number of nitrogens with one attached hydrogen (secondary N) is 1. The van der Waals surface area contributed by atoms with Crippen molar-refractivity contribution in [2.24, 2.45) is 0 Å². The van der Waals surface area contributed by atoms with E-state index in [9.17, 15) is 23.1 Å². The van der Waals surface area contributed by atoms with Crippen LogP contribution in [0.4, 0.5) is 18.9 Å². The summed E-state index contributed by atoms with van der Waals surface area (Å²) in [5, 5.41) is 12.6. The summed E-state index contributed by atoms with van der Waals surface area (Å²) >= 11 is 0. The van der Waals surface area contributed by atoms with E-state index in [1.54, 1.807) is 43.0 Å². The maximum Gasteiger partial charge on any atom is 0.417 e. The fourth-order valence-corrected chi connectivity index (χ4v) is 3.30. The minimum absolute atomic E-state index is 0.142. The number of alkyl halides is 3. The Morgan fingerprint density at radius 3 is 2.61 bits per heavy atom. The Morgan fingerprint density at radius 1 is 1.26 bits per heavy atom. The van der Waals surface area contributed by atoms with Crippen LogP contribution in [-0.2, 0) is 17.4 Å². The van der Waals surface area contributed by atoms with Crippen LogP contribution in [-0.4, -0.2) is 47.3 Å². The number of carbonyl (C=O) groups excluding carboxylic acids is 1. The molecule has 9 heteroatoms. The summed E-state index contributed by atoms with van der Waals surface area (Å²) in [5.41, 5.74) is -0.511. The second-order valence-corrected chi connectivity index (χ2v) is 8.35. The van der Waals surface area contributed by atoms with E-state index in [4.69, 9.17) is 4.74 Å². The van der Waals surface area contributed by atoms with Crippen LogP contribution in [0.5, 0.6) is 5.75 Å². The maximum atomic E-state index is 12.9. The summed E-state index contributed by atoms with van der Waals surface area (Å²) in [6.07, 6.45) is -1.40. The number of hydrogen-bond acceptors (Lipinski definition) is 5. The normalized spacial score (nSPS) is 17.0. The predicted octanol–water partition coefficient (Wildman–Crippen LogP) is 3.19. The molecule has 0 radical (unpaired) electrons. The number of carbonyl (C=O) groups is 1. The van der Waals surface area contributed by atoms with Crippen molar-refractivity contribution < 1.29 is 27.8 Å². The van der Waals surface area contributed by atoms with E-state index in [-0.39, 0.29) is 25.0 Å². The summed E-state index contributed by atoms with van der Waals surface area (Å²) in [7, 11) is 0. The zero-order valence-electron chi connectivity index (χ0n) is 17.4. The number of anilines is 1. The van der Waals surface area contributed by atoms with Crippen molar-refractivity contribution in [2.75, 3.05) is 24.6 Å². The fourth-order valence-electron chi connectivity index (χ4n) is 3.30. The van der Waals surface area contributed by atoms with Gasteiger partial charge in [-0.25, -0.2) is 0 Å². The van der Waals surface area contributed by atoms with Gasteiger partial charge in [0.2, 0.25) is 5.91 Å². The number of nitrogens with zero attached hydrogens (tertiary/aromatic N) is 2. The lowest BCUT2D eigenvalue weighted by atomic mass is 10.1. The smallest absolute Gasteiger partial charge is 0.417 e. The molecule has 0 spiro atoms. The summed E-state index contributed by atoms with van der Waals surface area (Å²) < 4.78 is 44.2. The van der Waals surface area contributed by atoms with Crippen LogP contribution in [0.1, 0.15) is 31.4 Å². The molecule has 1 aromatic carbocycles. The Labute approximate surface area is 179 Å². The molecule has 0 aliphatic carbocycles. The van der Waals surface area contributed by atoms with Crippen LogP contribution in [0.2, 0.25) is 0 Å². The quantitative estimate of drug-likeness (QED) is 0.696. The van der Waals surface area contributed by atoms with Crippen molar-refractivity contribution in [3.8, 4) is 5.75 Å². The number of amides is 1. The van der Waals surface area contributed by atoms with Gasteiger partial charge in [-0.2, -0.15) is 13.2 Å². The molecule has 1 aromatic heterocycles. The van der Waals surface area contributed by atoms with Gasteiger partial charge in [-0.15, -0.1) is 0 Å². The Bertz CT molecular complexity index is 895. The topological polar surface area (TPSA) is 74.7 Å². The lowest BCUT2D eigenvalue weighted by Gasteiger charge is -2.20. The fraction of sp³-hybridized carbons (Fsp3) is 0.455. The Hall–Kier alpha value is -2.81. The number of benzene rings is 1. The summed E-state index contributed by atoms with van der Waals surface area (Å²) in [4.78, 5) is 17.9. The molecule has 1 atom stereocenters. The van der Waals surface area contributed by atoms with Crippen molar-refractivity contribution in [3.63, 3.8) is 0 Å². The van der Waals surface area contributed by atoms with Gasteiger partial charge in [0.25, 0.3) is 0 Å². The maximum absolute atomic E-state index is 12.9. The van der Waals surface area contributed by atoms with E-state index in [1.165, 1.54) is 6.20 Å². The average Bonchev–Trinajstić information content (AvgIpc) is 3.14. The standard InChI is InChI=1S/C22H26F3N3O3/c1-21(2,30)14-31-19-5-3-15(4-6-19)9-20(29)27-17-7-8-28(13-17)18-10-16(11-26-12-18)22(23,24)25/h3-6,10-12,17,30H,7-9,13-14H2,1-2H3,(H,27,29). The molecule has 1 amide bonds. The molecule has 2 N–H and O–H groups in total. The molecule has 1 aliphatic rings. The first-order chi connectivity index (χ1) is 14.5. The van der Waals surface area contributed by atoms with Gasteiger partial charge in [-0.05, 0) is 44.0 Å². The van der Waals surface area contributed by atoms with Crippen LogP contribution in [0, 0.1) is 0 Å². The number of pyridine rings is 1. The van der Waals surface area contributed by atoms with Crippen molar-refractivity contribution in [1.29, 1.82) is 0 Å². The number of aliphatic hydroxyl groups is 1. The van der Waals surface area contributed by atoms with Crippen molar-refractivity contribution in [3.05, 3.63) is 53.9 Å². The zero-order valence-corrected chi connectivity index (χ0v) is 17.4. The van der Waals surface area contributed by atoms with Crippen LogP contribution >= 0.6 is 0 Å². The van der Waals surface area contributed by atoms with Crippen molar-refractivity contribution in [2.45, 2.75) is 44.5 Å². The summed E-state index contributed by atoms with van der Waals surface area (Å²) in [6.45, 7) is 4.44. The van der Waals surface area contributed by atoms with Gasteiger partial charge < -0.3 is 20.1 Å². The van der Waals surface area contributed by atoms with Crippen molar-refractivity contribution >= 4 is 11.6 Å². The van der Waals surface area contributed by atoms with E-state index >= 15 is 0 Å². The van der Waals surface area contributed by atoms with Crippen LogP contribution in [0.3, 0.4) is 0 Å². The second kappa shape index (κ2) is 9.13. The molecule has 2 aromatic rings. The first-order valence-corrected chi connectivity index (χ1v) is 10.0. The van der Waals surface area contributed by atoms with Gasteiger partial charge in [0, 0.05) is 25.3 Å². The van der Waals surface area contributed by atoms with E-state index < -0.39 is 17.3 Å². The first kappa shape index (κ1) is 22.9. The number of aromatic nitrogens is 1. The van der Waals surface area contributed by atoms with Gasteiger partial charge in [0.05, 0.1) is 29.5 Å². The van der Waals surface area contributed by atoms with Gasteiger partial charge in [0.15, 0.2) is 0 Å². The highest BCUT2D eigenvalue weighted by Gasteiger charge is 2.32. The third-order valence-corrected chi connectivity index (χ3v) is 4.85. The van der Waals surface area contributed by atoms with Crippen LogP contribution < -0.4 is 15.0 Å². The molecule has 1 aliphatic heterocycles. The van der Waals surface area contributed by atoms with Crippen molar-refractivity contribution in [1.82, 2.24) is 10.3 Å². The lowest BCUT2D eigenvalue weighted by Crippen LogP contribution is -2.38. The summed E-state index contributed by atoms with van der Waals surface area (Å²) in [6, 6.07) is 8.00. The monoisotopic (exact) mass is 437 g/mol. The second-order valence-electron chi connectivity index (χ2n) is 8.35. The minimum atomic E-state index is -4.44. The third kappa shape index (κ3) is 6.85. The molecular formula is C22H26F3N3O3. The van der Waals surface area contributed by atoms with Crippen LogP contribution in [0.15, 0.2) is 42.7 Å². The summed E-state index contributed by atoms with van der Waals surface area (Å²) in [5.74, 6) is 0.451. The lowest BCUT2D eigenvalue weighted by molar-refractivity contribution is -0.137. The van der Waals surface area contributed by atoms with E-state index in [1.807, 2.05) is 0 Å². The highest BCUT2D eigenvalue weighted by atomic mass is 19.4. The number of ether oxygens (including phenoxy) is 1. The molecule has 0 bridgehead atoms. The molecule has 31 heavy (non-hydrogen) atoms. The number of halogens is 3. The van der Waals surface area contributed by atoms with Crippen LogP contribution in [0.25, 0.3) is 0 Å². The SMILES string of the molecule is CC(C)(O)COc1ccc(CC(=O)NC2CCN(c3cncc(C(F)(F)F)c3)C2)cc1. The molecule has 1 fully saturated rings. The molecule has 0 saturated carbocycles. The molecule has 1 saturated heterocycles. The van der Waals surface area contributed by atoms with E-state index in [2.05, 4.69) is 10.3 Å². The van der Waals surface area contributed by atoms with E-state index in [0.717, 1.165) is 17.8 Å². The molecule has 3 rings (SSSR count). The molecule has 6 nitrogen and oxygen atoms in total. The largest absolute Gasteiger partial charge is 0.491 e. The number of rotatable bonds is 7. The molecule has 1 unspecified atom stereocenters. The first-order valence-electron chi connectivity index (χ1n) is 10.0. The predicted molar refractivity (Wildman–Crippen MR) is 110 cm³/mol. The highest BCUT2D eigenvalue weighted by Crippen LogP contribution is 2.31. The van der Waals surface area contributed by atoms with Gasteiger partial charge >= 0.3 is 6.18 Å². The highest BCUT2D eigenvalue weighted by molar-refractivity contribution is 5.79. The minimum Gasteiger partial charge on any atom is -0.491 e. The average molecular weight is 437 g/mol. The van der Waals surface area contributed by atoms with Gasteiger partial charge in [0.1, 0.15) is 12.4 Å². The third-order valence-electron chi connectivity index (χ3n) is 4.85. The molecule has 2 heterocycles. The Balaban J connectivity index is 1.50. The van der Waals surface area contributed by atoms with Gasteiger partial charge in [-0.1, -0.05) is 12.1 Å². The molecule has 168 valence electrons. The van der Waals surface area contributed by atoms with E-state index in [0.29, 0.717) is 30.9 Å². The molecular weight excluding hydrogens is 411 g/mol. The number of hydrogen-bond donors (Lipinski definition) is 2. The Kier molecular flexibility index (Phi) is 6.74. The van der Waals surface area contributed by atoms with Gasteiger partial charge in [-0.3, -0.25) is 9.78 Å². The Morgan fingerprint density at radius 2 is 1.97 bits per heavy atom. The zero-order chi connectivity index (χ0) is 22.6.